The molecule has 0 aliphatic rings. The van der Waals surface area contributed by atoms with Crippen LogP contribution in [0.1, 0.15) is 59.8 Å². The highest BCUT2D eigenvalue weighted by Crippen LogP contribution is 2.24. The molecule has 0 spiro atoms. The Morgan fingerprint density at radius 3 is 2.36 bits per heavy atom. The SMILES string of the molecule is CCC(=N\N=C(/C)OC)/C(=C(/C=N\C(C)c1ncccn1)[S+]([O-])CC)C(C)C. The summed E-state index contributed by atoms with van der Waals surface area (Å²) in [6.45, 7) is 11.7. The molecule has 2 atom stereocenters. The van der Waals surface area contributed by atoms with Gasteiger partial charge in [-0.05, 0) is 43.4 Å². The van der Waals surface area contributed by atoms with Crippen LogP contribution in [-0.2, 0) is 15.9 Å². The van der Waals surface area contributed by atoms with E-state index in [9.17, 15) is 4.55 Å². The van der Waals surface area contributed by atoms with Crippen molar-refractivity contribution < 1.29 is 9.29 Å². The molecule has 0 bridgehead atoms. The third-order valence-corrected chi connectivity index (χ3v) is 5.32. The first-order valence-corrected chi connectivity index (χ1v) is 10.8. The van der Waals surface area contributed by atoms with Crippen LogP contribution < -0.4 is 0 Å². The van der Waals surface area contributed by atoms with Crippen molar-refractivity contribution >= 4 is 29.0 Å². The van der Waals surface area contributed by atoms with Crippen LogP contribution in [0.15, 0.2) is 44.1 Å². The van der Waals surface area contributed by atoms with E-state index in [0.717, 1.165) is 11.3 Å². The van der Waals surface area contributed by atoms with Gasteiger partial charge >= 0.3 is 0 Å². The minimum absolute atomic E-state index is 0.108. The fourth-order valence-corrected chi connectivity index (χ4v) is 3.51. The molecule has 1 aromatic heterocycles. The lowest BCUT2D eigenvalue weighted by atomic mass is 9.96. The van der Waals surface area contributed by atoms with E-state index in [1.54, 1.807) is 38.7 Å². The van der Waals surface area contributed by atoms with Crippen LogP contribution in [0.2, 0.25) is 0 Å². The van der Waals surface area contributed by atoms with Crippen LogP contribution >= 0.6 is 0 Å². The van der Waals surface area contributed by atoms with Gasteiger partial charge in [-0.15, -0.1) is 5.10 Å². The molecule has 0 saturated carbocycles. The Morgan fingerprint density at radius 1 is 1.21 bits per heavy atom. The molecule has 0 aliphatic heterocycles. The summed E-state index contributed by atoms with van der Waals surface area (Å²) in [4.78, 5) is 13.7. The molecule has 0 aromatic carbocycles. The van der Waals surface area contributed by atoms with Crippen molar-refractivity contribution in [3.8, 4) is 0 Å². The summed E-state index contributed by atoms with van der Waals surface area (Å²) >= 11 is -1.20. The summed E-state index contributed by atoms with van der Waals surface area (Å²) < 4.78 is 17.9. The van der Waals surface area contributed by atoms with Crippen molar-refractivity contribution in [3.63, 3.8) is 0 Å². The highest BCUT2D eigenvalue weighted by molar-refractivity contribution is 7.96. The second kappa shape index (κ2) is 12.4. The van der Waals surface area contributed by atoms with Gasteiger partial charge in [-0.1, -0.05) is 20.8 Å². The van der Waals surface area contributed by atoms with E-state index in [2.05, 4.69) is 39.0 Å². The predicted octanol–water partition coefficient (Wildman–Crippen LogP) is 4.12. The molecule has 1 heterocycles. The number of allylic oxidation sites excluding steroid dienone is 2. The topological polar surface area (TPSA) is 95.2 Å². The van der Waals surface area contributed by atoms with E-state index in [4.69, 9.17) is 4.74 Å². The van der Waals surface area contributed by atoms with Crippen molar-refractivity contribution in [2.75, 3.05) is 12.9 Å². The summed E-state index contributed by atoms with van der Waals surface area (Å²) in [5, 5.41) is 8.47. The summed E-state index contributed by atoms with van der Waals surface area (Å²) in [5.74, 6) is 1.69. The first kappa shape index (κ1) is 24.0. The minimum Gasteiger partial charge on any atom is -0.611 e. The predicted molar refractivity (Wildman–Crippen MR) is 117 cm³/mol. The maximum absolute atomic E-state index is 12.8. The Kier molecular flexibility index (Phi) is 10.6. The monoisotopic (exact) mass is 405 g/mol. The number of hydrogen-bond acceptors (Lipinski definition) is 7. The van der Waals surface area contributed by atoms with E-state index in [-0.39, 0.29) is 12.0 Å². The lowest BCUT2D eigenvalue weighted by Crippen LogP contribution is -2.19. The lowest BCUT2D eigenvalue weighted by molar-refractivity contribution is 0.398. The Hall–Kier alpha value is -2.06. The first-order valence-electron chi connectivity index (χ1n) is 9.43. The van der Waals surface area contributed by atoms with Gasteiger partial charge in [0.25, 0.3) is 0 Å². The molecule has 1 aromatic rings. The number of ether oxygens (including phenoxy) is 1. The van der Waals surface area contributed by atoms with E-state index >= 15 is 0 Å². The van der Waals surface area contributed by atoms with Gasteiger partial charge in [0, 0.05) is 24.9 Å². The van der Waals surface area contributed by atoms with Gasteiger partial charge in [-0.3, -0.25) is 4.99 Å². The van der Waals surface area contributed by atoms with Gasteiger partial charge in [0.1, 0.15) is 11.8 Å². The van der Waals surface area contributed by atoms with Crippen molar-refractivity contribution in [3.05, 3.63) is 34.8 Å². The maximum atomic E-state index is 12.8. The molecule has 8 heteroatoms. The van der Waals surface area contributed by atoms with Gasteiger partial charge in [0.2, 0.25) is 5.90 Å². The van der Waals surface area contributed by atoms with Crippen molar-refractivity contribution in [2.45, 2.75) is 54.0 Å². The zero-order valence-electron chi connectivity index (χ0n) is 17.8. The van der Waals surface area contributed by atoms with Crippen LogP contribution in [-0.4, -0.2) is 45.2 Å². The second-order valence-electron chi connectivity index (χ2n) is 6.35. The minimum atomic E-state index is -1.20. The summed E-state index contributed by atoms with van der Waals surface area (Å²) in [7, 11) is 1.55. The molecule has 154 valence electrons. The van der Waals surface area contributed by atoms with Crippen molar-refractivity contribution in [1.29, 1.82) is 0 Å². The Labute approximate surface area is 171 Å². The number of aliphatic imine (C=N–C) groups is 1. The van der Waals surface area contributed by atoms with Crippen LogP contribution in [0.4, 0.5) is 0 Å². The average molecular weight is 406 g/mol. The lowest BCUT2D eigenvalue weighted by Gasteiger charge is -2.18. The fraction of sp³-hybridized carbons (Fsp3) is 0.550. The summed E-state index contributed by atoms with van der Waals surface area (Å²) in [5.41, 5.74) is 1.68. The third-order valence-electron chi connectivity index (χ3n) is 3.98. The zero-order chi connectivity index (χ0) is 21.1. The molecular weight excluding hydrogens is 374 g/mol. The summed E-state index contributed by atoms with van der Waals surface area (Å²) in [6.07, 6.45) is 5.72. The van der Waals surface area contributed by atoms with Crippen LogP contribution in [0.3, 0.4) is 0 Å². The molecule has 28 heavy (non-hydrogen) atoms. The molecule has 0 fully saturated rings. The smallest absolute Gasteiger partial charge is 0.205 e. The van der Waals surface area contributed by atoms with E-state index in [0.29, 0.717) is 28.8 Å². The van der Waals surface area contributed by atoms with E-state index < -0.39 is 11.2 Å². The van der Waals surface area contributed by atoms with Crippen LogP contribution in [0.5, 0.6) is 0 Å². The number of hydrogen-bond donors (Lipinski definition) is 0. The molecule has 0 N–H and O–H groups in total. The van der Waals surface area contributed by atoms with Gasteiger partial charge in [0.15, 0.2) is 10.7 Å². The fourth-order valence-electron chi connectivity index (χ4n) is 2.43. The molecule has 7 nitrogen and oxygen atoms in total. The molecule has 0 aliphatic carbocycles. The molecule has 1 rings (SSSR count). The standard InChI is InChI=1S/C20H31N5O2S/c1-8-17(25-24-16(6)27-7)19(14(3)4)18(28(26)9-2)13-23-15(5)20-21-11-10-12-22-20/h10-15H,8-9H2,1-7H3/b19-18-,23-13-,24-16+,25-17+. The van der Waals surface area contributed by atoms with E-state index in [1.807, 2.05) is 20.8 Å². The van der Waals surface area contributed by atoms with Crippen LogP contribution in [0.25, 0.3) is 0 Å². The molecular formula is C20H31N5O2S. The van der Waals surface area contributed by atoms with Gasteiger partial charge < -0.3 is 9.29 Å². The Bertz CT molecular complexity index is 729. The van der Waals surface area contributed by atoms with Crippen molar-refractivity contribution in [2.24, 2.45) is 21.1 Å². The Morgan fingerprint density at radius 2 is 1.86 bits per heavy atom. The molecule has 0 amide bonds. The van der Waals surface area contributed by atoms with Gasteiger partial charge in [-0.25, -0.2) is 9.97 Å². The summed E-state index contributed by atoms with van der Waals surface area (Å²) in [6, 6.07) is 1.52. The van der Waals surface area contributed by atoms with E-state index in [1.165, 1.54) is 0 Å². The maximum Gasteiger partial charge on any atom is 0.205 e. The van der Waals surface area contributed by atoms with Gasteiger partial charge in [0.05, 0.1) is 19.0 Å². The highest BCUT2D eigenvalue weighted by atomic mass is 32.2. The van der Waals surface area contributed by atoms with Crippen molar-refractivity contribution in [1.82, 2.24) is 9.97 Å². The van der Waals surface area contributed by atoms with Gasteiger partial charge in [-0.2, -0.15) is 5.10 Å². The van der Waals surface area contributed by atoms with Crippen LogP contribution in [0, 0.1) is 5.92 Å². The molecule has 0 radical (unpaired) electrons. The Balaban J connectivity index is 3.44. The quantitative estimate of drug-likeness (QED) is 0.267. The number of nitrogens with zero attached hydrogens (tertiary/aromatic N) is 5. The highest BCUT2D eigenvalue weighted by Gasteiger charge is 2.24. The normalized spacial score (nSPS) is 16.3. The zero-order valence-corrected chi connectivity index (χ0v) is 18.7. The third kappa shape index (κ3) is 7.16. The average Bonchev–Trinajstić information content (AvgIpc) is 2.71. The largest absolute Gasteiger partial charge is 0.611 e. The number of rotatable bonds is 9. The number of aromatic nitrogens is 2. The second-order valence-corrected chi connectivity index (χ2v) is 8.06. The molecule has 0 saturated heterocycles. The first-order chi connectivity index (χ1) is 13.3. The number of methoxy groups -OCH3 is 1. The molecule has 2 unspecified atom stereocenters.